The second-order valence-electron chi connectivity index (χ2n) is 6.96. The lowest BCUT2D eigenvalue weighted by atomic mass is 9.88. The van der Waals surface area contributed by atoms with Gasteiger partial charge in [-0.1, -0.05) is 6.07 Å². The molecule has 1 amide bonds. The zero-order chi connectivity index (χ0) is 16.7. The molecule has 25 heavy (non-hydrogen) atoms. The van der Waals surface area contributed by atoms with Crippen molar-refractivity contribution in [2.24, 2.45) is 5.92 Å². The van der Waals surface area contributed by atoms with E-state index < -0.39 is 11.6 Å². The number of nitrogens with zero attached hydrogens (tertiary/aromatic N) is 1. The Hall–Kier alpha value is -1.28. The van der Waals surface area contributed by atoms with E-state index in [4.69, 9.17) is 0 Å². The summed E-state index contributed by atoms with van der Waals surface area (Å²) in [5.41, 5.74) is 6.72. The molecule has 3 atom stereocenters. The molecule has 0 bridgehead atoms. The second kappa shape index (κ2) is 7.53. The third kappa shape index (κ3) is 3.79. The summed E-state index contributed by atoms with van der Waals surface area (Å²) in [6.07, 6.45) is 2.87. The number of benzene rings is 1. The van der Waals surface area contributed by atoms with E-state index in [1.807, 2.05) is 0 Å². The molecule has 2 heterocycles. The third-order valence-corrected chi connectivity index (χ3v) is 5.27. The maximum absolute atomic E-state index is 14.0. The predicted molar refractivity (Wildman–Crippen MR) is 92.0 cm³/mol. The third-order valence-electron chi connectivity index (χ3n) is 5.27. The summed E-state index contributed by atoms with van der Waals surface area (Å²) in [5, 5.41) is 3.34. The van der Waals surface area contributed by atoms with Crippen molar-refractivity contribution < 1.29 is 13.6 Å². The number of amides is 1. The van der Waals surface area contributed by atoms with Crippen molar-refractivity contribution in [2.45, 2.75) is 43.9 Å². The van der Waals surface area contributed by atoms with Gasteiger partial charge in [-0.05, 0) is 31.9 Å². The Morgan fingerprint density at radius 1 is 1.20 bits per heavy atom. The second-order valence-corrected chi connectivity index (χ2v) is 6.96. The molecule has 1 aliphatic carbocycles. The largest absolute Gasteiger partial charge is 0.334 e. The zero-order valence-electron chi connectivity index (χ0n) is 13.8. The molecular formula is C17H23ClF2N4O. The van der Waals surface area contributed by atoms with Gasteiger partial charge in [0.2, 0.25) is 5.91 Å². The Bertz CT molecular complexity index is 643. The topological polar surface area (TPSA) is 56.4 Å². The van der Waals surface area contributed by atoms with Crippen LogP contribution in [0.1, 0.15) is 24.8 Å². The van der Waals surface area contributed by atoms with Crippen LogP contribution < -0.4 is 16.2 Å². The van der Waals surface area contributed by atoms with Crippen molar-refractivity contribution in [3.8, 4) is 0 Å². The highest BCUT2D eigenvalue weighted by Gasteiger charge is 2.45. The van der Waals surface area contributed by atoms with Crippen LogP contribution in [0.4, 0.5) is 8.78 Å². The van der Waals surface area contributed by atoms with Crippen LogP contribution >= 0.6 is 12.4 Å². The first kappa shape index (κ1) is 18.5. The number of hydrazine groups is 1. The molecule has 0 spiro atoms. The average Bonchev–Trinajstić information content (AvgIpc) is 3.32. The van der Waals surface area contributed by atoms with Gasteiger partial charge in [0, 0.05) is 42.7 Å². The average molecular weight is 373 g/mol. The summed E-state index contributed by atoms with van der Waals surface area (Å²) in [5.74, 6) is -0.989. The Morgan fingerprint density at radius 3 is 2.72 bits per heavy atom. The Morgan fingerprint density at radius 2 is 2.00 bits per heavy atom. The number of carbonyl (C=O) groups is 1. The zero-order valence-corrected chi connectivity index (χ0v) is 14.6. The van der Waals surface area contributed by atoms with Gasteiger partial charge < -0.3 is 10.2 Å². The summed E-state index contributed by atoms with van der Waals surface area (Å²) in [6, 6.07) is 3.71. The van der Waals surface area contributed by atoms with Crippen LogP contribution in [0.25, 0.3) is 0 Å². The van der Waals surface area contributed by atoms with Gasteiger partial charge in [0.15, 0.2) is 0 Å². The predicted octanol–water partition coefficient (Wildman–Crippen LogP) is 1.33. The minimum Gasteiger partial charge on any atom is -0.334 e. The molecular weight excluding hydrogens is 350 g/mol. The van der Waals surface area contributed by atoms with Gasteiger partial charge in [-0.15, -0.1) is 12.4 Å². The van der Waals surface area contributed by atoms with Crippen molar-refractivity contribution in [1.29, 1.82) is 0 Å². The van der Waals surface area contributed by atoms with E-state index in [1.54, 1.807) is 4.90 Å². The summed E-state index contributed by atoms with van der Waals surface area (Å²) in [6.45, 7) is 1.94. The molecule has 3 aliphatic rings. The molecule has 1 saturated carbocycles. The van der Waals surface area contributed by atoms with Crippen molar-refractivity contribution >= 4 is 18.3 Å². The molecule has 3 N–H and O–H groups in total. The lowest BCUT2D eigenvalue weighted by Gasteiger charge is -2.31. The SMILES string of the molecule is Cl.O=C(C1NNC2CCNCC21)N(Cc1ccc(F)cc1F)C1CC1. The Balaban J connectivity index is 0.00000182. The molecule has 4 rings (SSSR count). The highest BCUT2D eigenvalue weighted by atomic mass is 35.5. The van der Waals surface area contributed by atoms with E-state index in [0.29, 0.717) is 11.6 Å². The van der Waals surface area contributed by atoms with E-state index in [-0.39, 0.29) is 42.9 Å². The Labute approximate surface area is 151 Å². The van der Waals surface area contributed by atoms with Crippen LogP contribution in [0.5, 0.6) is 0 Å². The molecule has 2 aliphatic heterocycles. The first-order valence-electron chi connectivity index (χ1n) is 8.59. The minimum atomic E-state index is -0.599. The first-order valence-corrected chi connectivity index (χ1v) is 8.59. The summed E-state index contributed by atoms with van der Waals surface area (Å²) in [7, 11) is 0. The number of hydrogen-bond donors (Lipinski definition) is 3. The van der Waals surface area contributed by atoms with Gasteiger partial charge in [-0.3, -0.25) is 10.2 Å². The van der Waals surface area contributed by atoms with Crippen LogP contribution in [0.3, 0.4) is 0 Å². The van der Waals surface area contributed by atoms with Crippen LogP contribution in [-0.4, -0.2) is 42.0 Å². The number of nitrogens with one attached hydrogen (secondary N) is 3. The minimum absolute atomic E-state index is 0. The molecule has 5 nitrogen and oxygen atoms in total. The van der Waals surface area contributed by atoms with Crippen LogP contribution in [-0.2, 0) is 11.3 Å². The van der Waals surface area contributed by atoms with Crippen molar-refractivity contribution in [3.63, 3.8) is 0 Å². The van der Waals surface area contributed by atoms with Crippen LogP contribution in [0.15, 0.2) is 18.2 Å². The molecule has 3 unspecified atom stereocenters. The maximum atomic E-state index is 14.0. The smallest absolute Gasteiger partial charge is 0.242 e. The van der Waals surface area contributed by atoms with E-state index in [0.717, 1.165) is 38.4 Å². The molecule has 0 aromatic heterocycles. The lowest BCUT2D eigenvalue weighted by Crippen LogP contribution is -2.51. The molecule has 1 aromatic rings. The van der Waals surface area contributed by atoms with E-state index in [9.17, 15) is 13.6 Å². The normalized spacial score (nSPS) is 28.2. The molecule has 138 valence electrons. The summed E-state index contributed by atoms with van der Waals surface area (Å²) < 4.78 is 27.1. The molecule has 2 saturated heterocycles. The van der Waals surface area contributed by atoms with E-state index in [1.165, 1.54) is 12.1 Å². The molecule has 8 heteroatoms. The number of piperidine rings is 1. The number of rotatable bonds is 4. The Kier molecular flexibility index (Phi) is 5.58. The lowest BCUT2D eigenvalue weighted by molar-refractivity contribution is -0.135. The van der Waals surface area contributed by atoms with Gasteiger partial charge in [-0.25, -0.2) is 14.2 Å². The number of hydrogen-bond acceptors (Lipinski definition) is 4. The fourth-order valence-electron chi connectivity index (χ4n) is 3.75. The first-order chi connectivity index (χ1) is 11.6. The fraction of sp³-hybridized carbons (Fsp3) is 0.588. The van der Waals surface area contributed by atoms with Crippen molar-refractivity contribution in [1.82, 2.24) is 21.1 Å². The van der Waals surface area contributed by atoms with E-state index in [2.05, 4.69) is 16.2 Å². The molecule has 1 aromatic carbocycles. The molecule has 3 fully saturated rings. The van der Waals surface area contributed by atoms with Gasteiger partial charge in [0.1, 0.15) is 17.7 Å². The quantitative estimate of drug-likeness (QED) is 0.746. The number of halogens is 3. The number of fused-ring (bicyclic) bond motifs is 1. The van der Waals surface area contributed by atoms with Crippen LogP contribution in [0.2, 0.25) is 0 Å². The number of carbonyl (C=O) groups excluding carboxylic acids is 1. The summed E-state index contributed by atoms with van der Waals surface area (Å²) in [4.78, 5) is 14.8. The fourth-order valence-corrected chi connectivity index (χ4v) is 3.75. The van der Waals surface area contributed by atoms with E-state index >= 15 is 0 Å². The van der Waals surface area contributed by atoms with Gasteiger partial charge >= 0.3 is 0 Å². The van der Waals surface area contributed by atoms with Gasteiger partial charge in [0.05, 0.1) is 0 Å². The van der Waals surface area contributed by atoms with Gasteiger partial charge in [-0.2, -0.15) is 0 Å². The monoisotopic (exact) mass is 372 g/mol. The van der Waals surface area contributed by atoms with Crippen LogP contribution in [0, 0.1) is 17.6 Å². The maximum Gasteiger partial charge on any atom is 0.242 e. The standard InChI is InChI=1S/C17H22F2N4O.ClH/c18-11-2-1-10(14(19)7-11)9-23(12-3-4-12)17(24)16-13-8-20-6-5-15(13)21-22-16;/h1-2,7,12-13,15-16,20-22H,3-6,8-9H2;1H. The molecule has 0 radical (unpaired) electrons. The summed E-state index contributed by atoms with van der Waals surface area (Å²) >= 11 is 0. The van der Waals surface area contributed by atoms with Gasteiger partial charge in [0.25, 0.3) is 0 Å². The van der Waals surface area contributed by atoms with Crippen molar-refractivity contribution in [2.75, 3.05) is 13.1 Å². The highest BCUT2D eigenvalue weighted by Crippen LogP contribution is 2.31. The van der Waals surface area contributed by atoms with Crippen molar-refractivity contribution in [3.05, 3.63) is 35.4 Å². The highest BCUT2D eigenvalue weighted by molar-refractivity contribution is 5.85.